The first-order valence-electron chi connectivity index (χ1n) is 8.19. The molecule has 1 amide bonds. The van der Waals surface area contributed by atoms with Gasteiger partial charge in [0.2, 0.25) is 0 Å². The number of aromatic nitrogens is 2. The van der Waals surface area contributed by atoms with Gasteiger partial charge in [-0.05, 0) is 43.5 Å². The van der Waals surface area contributed by atoms with Crippen LogP contribution in [0.5, 0.6) is 0 Å². The van der Waals surface area contributed by atoms with E-state index < -0.39 is 0 Å². The van der Waals surface area contributed by atoms with Gasteiger partial charge in [0.25, 0.3) is 5.91 Å². The Morgan fingerprint density at radius 3 is 2.50 bits per heavy atom. The summed E-state index contributed by atoms with van der Waals surface area (Å²) >= 11 is 3.42. The zero-order valence-electron chi connectivity index (χ0n) is 14.3. The maximum absolute atomic E-state index is 12.5. The van der Waals surface area contributed by atoms with Crippen LogP contribution >= 0.6 is 15.9 Å². The molecule has 0 aliphatic carbocycles. The first-order valence-corrected chi connectivity index (χ1v) is 8.99. The molecule has 0 spiro atoms. The predicted molar refractivity (Wildman–Crippen MR) is 102 cm³/mol. The summed E-state index contributed by atoms with van der Waals surface area (Å²) in [6.45, 7) is 8.05. The number of rotatable bonds is 7. The molecule has 1 heterocycles. The van der Waals surface area contributed by atoms with Crippen LogP contribution in [0.1, 0.15) is 42.7 Å². The van der Waals surface area contributed by atoms with Crippen LogP contribution in [0.25, 0.3) is 0 Å². The molecule has 0 unspecified atom stereocenters. The molecule has 1 aromatic heterocycles. The van der Waals surface area contributed by atoms with Crippen molar-refractivity contribution in [2.75, 3.05) is 23.3 Å². The van der Waals surface area contributed by atoms with Crippen LogP contribution in [0.4, 0.5) is 11.5 Å². The van der Waals surface area contributed by atoms with Crippen LogP contribution in [0.15, 0.2) is 35.1 Å². The Morgan fingerprint density at radius 2 is 1.88 bits per heavy atom. The van der Waals surface area contributed by atoms with Crippen LogP contribution < -0.4 is 10.2 Å². The highest BCUT2D eigenvalue weighted by Gasteiger charge is 2.13. The van der Waals surface area contributed by atoms with E-state index in [1.807, 2.05) is 25.1 Å². The molecule has 2 aromatic rings. The van der Waals surface area contributed by atoms with Gasteiger partial charge in [-0.2, -0.15) is 0 Å². The number of halogens is 1. The number of anilines is 2. The van der Waals surface area contributed by atoms with Crippen LogP contribution in [0, 0.1) is 6.92 Å². The number of amides is 1. The van der Waals surface area contributed by atoms with Crippen LogP contribution in [0.2, 0.25) is 0 Å². The SMILES string of the molecule is CCCN(CCC)c1cc(C(=O)Nc2ccc(Br)cc2C)ncn1. The lowest BCUT2D eigenvalue weighted by Gasteiger charge is -2.22. The largest absolute Gasteiger partial charge is 0.357 e. The average Bonchev–Trinajstić information content (AvgIpc) is 2.57. The minimum Gasteiger partial charge on any atom is -0.357 e. The maximum Gasteiger partial charge on any atom is 0.274 e. The second kappa shape index (κ2) is 8.78. The second-order valence-corrected chi connectivity index (χ2v) is 6.58. The standard InChI is InChI=1S/C18H23BrN4O/c1-4-8-23(9-5-2)17-11-16(20-12-21-17)18(24)22-15-7-6-14(19)10-13(15)3/h6-7,10-12H,4-5,8-9H2,1-3H3,(H,22,24). The molecule has 0 atom stereocenters. The first-order chi connectivity index (χ1) is 11.5. The third-order valence-corrected chi connectivity index (χ3v) is 4.13. The van der Waals surface area contributed by atoms with Gasteiger partial charge in [0.05, 0.1) is 0 Å². The summed E-state index contributed by atoms with van der Waals surface area (Å²) in [5.74, 6) is 0.573. The van der Waals surface area contributed by atoms with E-state index in [0.29, 0.717) is 5.69 Å². The van der Waals surface area contributed by atoms with Gasteiger partial charge >= 0.3 is 0 Å². The third kappa shape index (κ3) is 4.77. The zero-order chi connectivity index (χ0) is 17.5. The van der Waals surface area contributed by atoms with E-state index >= 15 is 0 Å². The normalized spacial score (nSPS) is 10.5. The Hall–Kier alpha value is -1.95. The van der Waals surface area contributed by atoms with Crippen molar-refractivity contribution in [1.29, 1.82) is 0 Å². The van der Waals surface area contributed by atoms with Gasteiger partial charge in [0.15, 0.2) is 0 Å². The molecule has 0 aliphatic rings. The number of hydrogen-bond donors (Lipinski definition) is 1. The zero-order valence-corrected chi connectivity index (χ0v) is 15.9. The Bertz CT molecular complexity index is 699. The Balaban J connectivity index is 2.19. The fourth-order valence-electron chi connectivity index (χ4n) is 2.48. The molecule has 0 fully saturated rings. The van der Waals surface area contributed by atoms with Gasteiger partial charge in [0, 0.05) is 29.3 Å². The van der Waals surface area contributed by atoms with Crippen molar-refractivity contribution in [1.82, 2.24) is 9.97 Å². The number of hydrogen-bond acceptors (Lipinski definition) is 4. The summed E-state index contributed by atoms with van der Waals surface area (Å²) in [5, 5.41) is 2.92. The molecule has 128 valence electrons. The molecule has 0 saturated heterocycles. The molecule has 0 aliphatic heterocycles. The van der Waals surface area contributed by atoms with Gasteiger partial charge in [-0.15, -0.1) is 0 Å². The van der Waals surface area contributed by atoms with Crippen LogP contribution in [0.3, 0.4) is 0 Å². The average molecular weight is 391 g/mol. The molecule has 1 aromatic carbocycles. The van der Waals surface area contributed by atoms with Crippen molar-refractivity contribution in [3.63, 3.8) is 0 Å². The van der Waals surface area contributed by atoms with Gasteiger partial charge < -0.3 is 10.2 Å². The Kier molecular flexibility index (Phi) is 6.73. The summed E-state index contributed by atoms with van der Waals surface area (Å²) in [4.78, 5) is 23.1. The molecule has 0 bridgehead atoms. The summed E-state index contributed by atoms with van der Waals surface area (Å²) in [7, 11) is 0. The van der Waals surface area contributed by atoms with Crippen molar-refractivity contribution >= 4 is 33.3 Å². The lowest BCUT2D eigenvalue weighted by Crippen LogP contribution is -2.26. The first kappa shape index (κ1) is 18.4. The number of aryl methyl sites for hydroxylation is 1. The van der Waals surface area contributed by atoms with Gasteiger partial charge in [-0.1, -0.05) is 29.8 Å². The predicted octanol–water partition coefficient (Wildman–Crippen LogP) is 4.43. The molecule has 0 radical (unpaired) electrons. The number of benzene rings is 1. The smallest absolute Gasteiger partial charge is 0.274 e. The summed E-state index contributed by atoms with van der Waals surface area (Å²) < 4.78 is 0.983. The van der Waals surface area contributed by atoms with Crippen molar-refractivity contribution in [3.8, 4) is 0 Å². The highest BCUT2D eigenvalue weighted by molar-refractivity contribution is 9.10. The van der Waals surface area contributed by atoms with Gasteiger partial charge in [0.1, 0.15) is 17.8 Å². The van der Waals surface area contributed by atoms with Crippen molar-refractivity contribution in [2.45, 2.75) is 33.6 Å². The molecule has 24 heavy (non-hydrogen) atoms. The van der Waals surface area contributed by atoms with Gasteiger partial charge in [-0.3, -0.25) is 4.79 Å². The van der Waals surface area contributed by atoms with Crippen molar-refractivity contribution in [2.24, 2.45) is 0 Å². The van der Waals surface area contributed by atoms with E-state index in [9.17, 15) is 4.79 Å². The summed E-state index contributed by atoms with van der Waals surface area (Å²) in [5.41, 5.74) is 2.15. The number of nitrogens with zero attached hydrogens (tertiary/aromatic N) is 3. The number of nitrogens with one attached hydrogen (secondary N) is 1. The van der Waals surface area contributed by atoms with Gasteiger partial charge in [-0.25, -0.2) is 9.97 Å². The van der Waals surface area contributed by atoms with E-state index in [-0.39, 0.29) is 5.91 Å². The second-order valence-electron chi connectivity index (χ2n) is 5.66. The molecule has 0 saturated carbocycles. The molecular weight excluding hydrogens is 368 g/mol. The lowest BCUT2D eigenvalue weighted by molar-refractivity contribution is 0.102. The summed E-state index contributed by atoms with van der Waals surface area (Å²) in [6, 6.07) is 7.50. The monoisotopic (exact) mass is 390 g/mol. The molecule has 1 N–H and O–H groups in total. The lowest BCUT2D eigenvalue weighted by atomic mass is 10.2. The fourth-order valence-corrected chi connectivity index (χ4v) is 2.95. The van der Waals surface area contributed by atoms with E-state index in [2.05, 4.69) is 50.0 Å². The number of carbonyl (C=O) groups excluding carboxylic acids is 1. The fraction of sp³-hybridized carbons (Fsp3) is 0.389. The highest BCUT2D eigenvalue weighted by atomic mass is 79.9. The quantitative estimate of drug-likeness (QED) is 0.759. The molecule has 6 heteroatoms. The van der Waals surface area contributed by atoms with E-state index in [4.69, 9.17) is 0 Å². The molecular formula is C18H23BrN4O. The highest BCUT2D eigenvalue weighted by Crippen LogP contribution is 2.21. The van der Waals surface area contributed by atoms with Crippen LogP contribution in [-0.4, -0.2) is 29.0 Å². The van der Waals surface area contributed by atoms with Crippen molar-refractivity contribution < 1.29 is 4.79 Å². The topological polar surface area (TPSA) is 58.1 Å². The van der Waals surface area contributed by atoms with Crippen molar-refractivity contribution in [3.05, 3.63) is 46.3 Å². The Morgan fingerprint density at radius 1 is 1.17 bits per heavy atom. The Labute approximate surface area is 151 Å². The maximum atomic E-state index is 12.5. The third-order valence-electron chi connectivity index (χ3n) is 3.63. The van der Waals surface area contributed by atoms with E-state index in [0.717, 1.165) is 47.5 Å². The number of carbonyl (C=O) groups is 1. The van der Waals surface area contributed by atoms with E-state index in [1.165, 1.54) is 6.33 Å². The van der Waals surface area contributed by atoms with E-state index in [1.54, 1.807) is 6.07 Å². The molecule has 2 rings (SSSR count). The minimum atomic E-state index is -0.225. The molecule has 5 nitrogen and oxygen atoms in total. The van der Waals surface area contributed by atoms with Crippen LogP contribution in [-0.2, 0) is 0 Å². The minimum absolute atomic E-state index is 0.225. The summed E-state index contributed by atoms with van der Waals surface area (Å²) in [6.07, 6.45) is 3.52.